The molecule has 0 fully saturated rings. The highest BCUT2D eigenvalue weighted by Gasteiger charge is 2.40. The quantitative estimate of drug-likeness (QED) is 0.191. The number of hydrogen-bond acceptors (Lipinski definition) is 8. The summed E-state index contributed by atoms with van der Waals surface area (Å²) < 4.78 is 125. The highest BCUT2D eigenvalue weighted by molar-refractivity contribution is 7.89. The average Bonchev–Trinajstić information content (AvgIpc) is 3.04. The number of cyclic esters (lactones) is 1. The van der Waals surface area contributed by atoms with Gasteiger partial charge in [-0.2, -0.15) is 26.3 Å². The van der Waals surface area contributed by atoms with Gasteiger partial charge in [-0.15, -0.1) is 0 Å². The lowest BCUT2D eigenvalue weighted by Gasteiger charge is -2.34. The summed E-state index contributed by atoms with van der Waals surface area (Å²) in [6.07, 6.45) is -6.02. The first-order valence-corrected chi connectivity index (χ1v) is 17.6. The molecule has 3 N–H and O–H groups in total. The molecule has 16 heteroatoms. The molecule has 0 saturated heterocycles. The Morgan fingerprint density at radius 2 is 1.59 bits per heavy atom. The lowest BCUT2D eigenvalue weighted by atomic mass is 9.86. The molecular formula is C35H47F6NO8S. The van der Waals surface area contributed by atoms with Gasteiger partial charge in [0.1, 0.15) is 12.2 Å². The Bertz CT molecular complexity index is 1550. The second kappa shape index (κ2) is 18.0. The maximum Gasteiger partial charge on any atom is 0.416 e. The molecule has 51 heavy (non-hydrogen) atoms. The number of nitrogens with one attached hydrogen (secondary N) is 1. The van der Waals surface area contributed by atoms with E-state index in [0.717, 1.165) is 5.57 Å². The zero-order valence-corrected chi connectivity index (χ0v) is 30.5. The second-order valence-corrected chi connectivity index (χ2v) is 14.8. The van der Waals surface area contributed by atoms with Crippen LogP contribution in [-0.4, -0.2) is 69.8 Å². The fourth-order valence-corrected chi connectivity index (χ4v) is 6.94. The van der Waals surface area contributed by atoms with Crippen molar-refractivity contribution < 1.29 is 64.0 Å². The van der Waals surface area contributed by atoms with E-state index in [2.05, 4.69) is 0 Å². The van der Waals surface area contributed by atoms with E-state index >= 15 is 0 Å². The van der Waals surface area contributed by atoms with Gasteiger partial charge in [-0.05, 0) is 56.4 Å². The topological polar surface area (TPSA) is 131 Å². The monoisotopic (exact) mass is 755 g/mol. The van der Waals surface area contributed by atoms with Crippen LogP contribution in [0.3, 0.4) is 0 Å². The van der Waals surface area contributed by atoms with Crippen molar-refractivity contribution in [2.45, 2.75) is 89.6 Å². The van der Waals surface area contributed by atoms with Crippen LogP contribution in [0.2, 0.25) is 0 Å². The number of benzene rings is 1. The largest absolute Gasteiger partial charge is 0.490 e. The van der Waals surface area contributed by atoms with Crippen molar-refractivity contribution in [2.24, 2.45) is 23.7 Å². The summed E-state index contributed by atoms with van der Waals surface area (Å²) in [6, 6.07) is -0.00649. The minimum atomic E-state index is -5.26. The first kappa shape index (κ1) is 44.0. The number of alkyl halides is 6. The molecule has 9 nitrogen and oxygen atoms in total. The van der Waals surface area contributed by atoms with Crippen molar-refractivity contribution in [3.05, 3.63) is 76.6 Å². The lowest BCUT2D eigenvalue weighted by Crippen LogP contribution is -2.46. The van der Waals surface area contributed by atoms with Crippen LogP contribution in [0.4, 0.5) is 26.3 Å². The predicted molar refractivity (Wildman–Crippen MR) is 177 cm³/mol. The Morgan fingerprint density at radius 3 is 2.10 bits per heavy atom. The fourth-order valence-electron chi connectivity index (χ4n) is 5.73. The van der Waals surface area contributed by atoms with Crippen molar-refractivity contribution in [3.8, 4) is 0 Å². The molecule has 0 radical (unpaired) electrons. The van der Waals surface area contributed by atoms with Crippen molar-refractivity contribution in [1.29, 1.82) is 0 Å². The number of hydrogen-bond donors (Lipinski definition) is 3. The molecule has 8 atom stereocenters. The van der Waals surface area contributed by atoms with E-state index in [9.17, 15) is 49.8 Å². The summed E-state index contributed by atoms with van der Waals surface area (Å²) in [4.78, 5) is 12.1. The molecule has 0 aliphatic carbocycles. The molecule has 2 rings (SSSR count). The van der Waals surface area contributed by atoms with Gasteiger partial charge in [-0.1, -0.05) is 63.1 Å². The van der Waals surface area contributed by atoms with Crippen LogP contribution < -0.4 is 4.72 Å². The average molecular weight is 756 g/mol. The molecule has 1 unspecified atom stereocenters. The number of carbonyl (C=O) groups is 1. The number of sulfonamides is 1. The van der Waals surface area contributed by atoms with Gasteiger partial charge in [0.25, 0.3) is 0 Å². The lowest BCUT2D eigenvalue weighted by molar-refractivity contribution is -0.161. The highest BCUT2D eigenvalue weighted by atomic mass is 32.2. The van der Waals surface area contributed by atoms with E-state index in [1.807, 2.05) is 25.5 Å². The molecule has 0 saturated carbocycles. The van der Waals surface area contributed by atoms with Crippen molar-refractivity contribution >= 4 is 16.0 Å². The van der Waals surface area contributed by atoms with Gasteiger partial charge in [0.15, 0.2) is 0 Å². The molecule has 0 bridgehead atoms. The number of carbonyl (C=O) groups excluding carboxylic acids is 1. The number of halogens is 6. The number of aliphatic hydroxyl groups is 2. The first-order chi connectivity index (χ1) is 23.4. The van der Waals surface area contributed by atoms with Crippen LogP contribution in [0.5, 0.6) is 0 Å². The Morgan fingerprint density at radius 1 is 1.02 bits per heavy atom. The maximum absolute atomic E-state index is 13.4. The van der Waals surface area contributed by atoms with Gasteiger partial charge in [0.05, 0.1) is 35.3 Å². The van der Waals surface area contributed by atoms with Gasteiger partial charge >= 0.3 is 18.3 Å². The Labute approximate surface area is 295 Å². The molecule has 1 aliphatic heterocycles. The van der Waals surface area contributed by atoms with Crippen molar-refractivity contribution in [2.75, 3.05) is 20.8 Å². The number of methoxy groups -OCH3 is 2. The van der Waals surface area contributed by atoms with E-state index in [1.54, 1.807) is 31.2 Å². The molecule has 1 aliphatic rings. The number of aliphatic hydroxyl groups excluding tert-OH is 2. The third kappa shape index (κ3) is 12.5. The Hall–Kier alpha value is -3.18. The summed E-state index contributed by atoms with van der Waals surface area (Å²) in [5.74, 6) is -3.51. The maximum atomic E-state index is 13.4. The van der Waals surface area contributed by atoms with Crippen molar-refractivity contribution in [3.63, 3.8) is 0 Å². The Balaban J connectivity index is 2.46. The highest BCUT2D eigenvalue weighted by Crippen LogP contribution is 2.37. The fraction of sp³-hybridized carbons (Fsp3) is 0.571. The zero-order valence-electron chi connectivity index (χ0n) is 29.7. The molecular weight excluding hydrogens is 708 g/mol. The number of allylic oxidation sites excluding steroid dienone is 5. The van der Waals surface area contributed by atoms with E-state index in [0.29, 0.717) is 12.0 Å². The van der Waals surface area contributed by atoms with E-state index in [-0.39, 0.29) is 35.8 Å². The van der Waals surface area contributed by atoms with Crippen LogP contribution >= 0.6 is 0 Å². The van der Waals surface area contributed by atoms with Gasteiger partial charge < -0.3 is 24.4 Å². The third-order valence-electron chi connectivity index (χ3n) is 8.70. The normalized spacial score (nSPS) is 28.9. The van der Waals surface area contributed by atoms with Crippen LogP contribution in [-0.2, 0) is 41.4 Å². The summed E-state index contributed by atoms with van der Waals surface area (Å²) in [7, 11) is -2.34. The van der Waals surface area contributed by atoms with Gasteiger partial charge in [0, 0.05) is 25.5 Å². The molecule has 0 spiro atoms. The van der Waals surface area contributed by atoms with E-state index in [1.165, 1.54) is 34.1 Å². The summed E-state index contributed by atoms with van der Waals surface area (Å²) >= 11 is 0. The number of ether oxygens (including phenoxy) is 3. The van der Waals surface area contributed by atoms with Crippen molar-refractivity contribution in [1.82, 2.24) is 4.72 Å². The van der Waals surface area contributed by atoms with E-state index < -0.39 is 87.2 Å². The van der Waals surface area contributed by atoms with Crippen LogP contribution in [0.15, 0.2) is 70.4 Å². The summed E-state index contributed by atoms with van der Waals surface area (Å²) in [6.45, 7) is 9.63. The number of esters is 1. The van der Waals surface area contributed by atoms with Crippen LogP contribution in [0.1, 0.15) is 59.1 Å². The van der Waals surface area contributed by atoms with E-state index in [4.69, 9.17) is 14.2 Å². The van der Waals surface area contributed by atoms with Gasteiger partial charge in [-0.3, -0.25) is 0 Å². The first-order valence-electron chi connectivity index (χ1n) is 16.1. The smallest absolute Gasteiger partial charge is 0.416 e. The summed E-state index contributed by atoms with van der Waals surface area (Å²) in [5, 5.41) is 22.2. The minimum Gasteiger partial charge on any atom is -0.490 e. The molecule has 1 aromatic carbocycles. The van der Waals surface area contributed by atoms with Gasteiger partial charge in [0.2, 0.25) is 15.8 Å². The molecule has 288 valence electrons. The Kier molecular flexibility index (Phi) is 15.6. The summed E-state index contributed by atoms with van der Waals surface area (Å²) in [5.41, 5.74) is -2.08. The molecule has 1 heterocycles. The molecule has 0 aromatic heterocycles. The van der Waals surface area contributed by atoms with Crippen LogP contribution in [0, 0.1) is 23.7 Å². The zero-order chi connectivity index (χ0) is 39.1. The second-order valence-electron chi connectivity index (χ2n) is 13.0. The predicted octanol–water partition coefficient (Wildman–Crippen LogP) is 6.58. The molecule has 1 aromatic rings. The standard InChI is InChI=1S/C35H47F6NO8S/c1-19-10-9-11-28(48-7)32(50-33(45)29(49-8)14-20(2)13-22(4)30(43)21(3)12-19)24(6)31(44)23(5)18-42-51(46,47)27-16-25(34(36,37)38)15-26(17-27)35(39,40)41/h9-11,13-17,21-24,28,30-32,42-44H,12,18H2,1-8H3/b11-9+,19-10+,20-13+,29-14-/t21-,22+,23+,24-,28-,30-,31-,32?/m0/s1. The third-order valence-corrected chi connectivity index (χ3v) is 10.1. The molecule has 0 amide bonds. The SMILES string of the molecule is CO/C1=C\C(C)=C\[C@@H](C)[C@@H](O)[C@@H](C)C/C(C)=C/C=C/[C@H](OC)C([C@@H](C)[C@@H](O)[C@H](C)CNS(=O)(=O)c2cc(C(F)(F)F)cc(C(F)(F)F)c2)OC1=O. The van der Waals surface area contributed by atoms with Crippen LogP contribution in [0.25, 0.3) is 0 Å². The minimum absolute atomic E-state index is 0.0898. The van der Waals surface area contributed by atoms with Gasteiger partial charge in [-0.25, -0.2) is 17.9 Å². The number of rotatable bonds is 9.